The van der Waals surface area contributed by atoms with Gasteiger partial charge in [0, 0.05) is 0 Å². The fourth-order valence-electron chi connectivity index (χ4n) is 0.520. The van der Waals surface area contributed by atoms with Crippen molar-refractivity contribution < 1.29 is 22.0 Å². The molecule has 4 atom stereocenters. The summed E-state index contributed by atoms with van der Waals surface area (Å²) < 4.78 is 63.3. The highest BCUT2D eigenvalue weighted by atomic mass is 35.5. The van der Waals surface area contributed by atoms with Crippen molar-refractivity contribution in [3.05, 3.63) is 0 Å². The summed E-state index contributed by atoms with van der Waals surface area (Å²) in [6.45, 7) is 0. The van der Waals surface area contributed by atoms with Gasteiger partial charge in [0.1, 0.15) is 5.38 Å². The highest BCUT2D eigenvalue weighted by molar-refractivity contribution is 6.42. The molecule has 0 nitrogen and oxygen atoms in total. The Balaban J connectivity index is 5.19. The molecule has 0 radical (unpaired) electrons. The maximum absolute atomic E-state index is 13.2. The quantitative estimate of drug-likeness (QED) is 0.513. The third kappa shape index (κ3) is 3.06. The van der Waals surface area contributed by atoms with Crippen molar-refractivity contribution in [3.63, 3.8) is 0 Å². The van der Waals surface area contributed by atoms with Crippen molar-refractivity contribution in [1.82, 2.24) is 0 Å². The highest BCUT2D eigenvalue weighted by Gasteiger charge is 2.70. The number of rotatable bonds is 4. The molecular weight excluding hydrogens is 332 g/mol. The fourth-order valence-corrected chi connectivity index (χ4v) is 1.50. The first-order valence-electron chi connectivity index (χ1n) is 3.10. The van der Waals surface area contributed by atoms with E-state index >= 15 is 0 Å². The van der Waals surface area contributed by atoms with E-state index in [-0.39, 0.29) is 0 Å². The molecule has 0 rings (SSSR count). The van der Waals surface area contributed by atoms with Gasteiger partial charge in [-0.05, 0) is 11.6 Å². The van der Waals surface area contributed by atoms with Crippen LogP contribution >= 0.6 is 58.0 Å². The summed E-state index contributed by atoms with van der Waals surface area (Å²) in [5.74, 6) is 0. The standard InChI is InChI=1S/C5H2Cl5F5/c6-1(2(7)11)3(8,12)4(9,13)5(10,14)15/h1-2H. The van der Waals surface area contributed by atoms with Gasteiger partial charge in [0.2, 0.25) is 0 Å². The van der Waals surface area contributed by atoms with Crippen LogP contribution in [0.3, 0.4) is 0 Å². The van der Waals surface area contributed by atoms with Gasteiger partial charge in [-0.3, -0.25) is 0 Å². The zero-order valence-electron chi connectivity index (χ0n) is 6.43. The molecule has 0 saturated heterocycles. The molecule has 0 amide bonds. The second-order valence-electron chi connectivity index (χ2n) is 2.43. The van der Waals surface area contributed by atoms with E-state index in [0.717, 1.165) is 0 Å². The molecule has 0 fully saturated rings. The molecule has 0 heterocycles. The van der Waals surface area contributed by atoms with Crippen molar-refractivity contribution in [2.45, 2.75) is 26.6 Å². The van der Waals surface area contributed by atoms with E-state index in [0.29, 0.717) is 0 Å². The number of hydrogen-bond donors (Lipinski definition) is 0. The minimum atomic E-state index is -4.90. The minimum absolute atomic E-state index is 2.66. The molecule has 0 aromatic heterocycles. The SMILES string of the molecule is FC(Cl)C(Cl)C(F)(Cl)C(F)(Cl)C(F)(F)Cl. The zero-order chi connectivity index (χ0) is 12.7. The van der Waals surface area contributed by atoms with Gasteiger partial charge in [-0.25, -0.2) is 13.2 Å². The molecule has 0 aromatic rings. The molecule has 0 saturated carbocycles. The summed E-state index contributed by atoms with van der Waals surface area (Å²) in [5.41, 5.74) is -2.73. The van der Waals surface area contributed by atoms with Crippen LogP contribution in [-0.4, -0.2) is 26.6 Å². The Morgan fingerprint density at radius 1 is 0.867 bits per heavy atom. The molecule has 0 aliphatic carbocycles. The van der Waals surface area contributed by atoms with Crippen LogP contribution in [0.1, 0.15) is 0 Å². The largest absolute Gasteiger partial charge is 0.373 e. The van der Waals surface area contributed by atoms with Gasteiger partial charge >= 0.3 is 10.5 Å². The number of halogens is 10. The lowest BCUT2D eigenvalue weighted by molar-refractivity contribution is -0.0785. The lowest BCUT2D eigenvalue weighted by Gasteiger charge is -2.34. The smallest absolute Gasteiger partial charge is 0.228 e. The van der Waals surface area contributed by atoms with Crippen LogP contribution in [0.4, 0.5) is 22.0 Å². The van der Waals surface area contributed by atoms with Gasteiger partial charge in [0.15, 0.2) is 5.63 Å². The highest BCUT2D eigenvalue weighted by Crippen LogP contribution is 2.54. The Morgan fingerprint density at radius 2 is 1.20 bits per heavy atom. The van der Waals surface area contributed by atoms with Gasteiger partial charge < -0.3 is 0 Å². The predicted octanol–water partition coefficient (Wildman–Crippen LogP) is 4.77. The number of alkyl halides is 10. The Labute approximate surface area is 107 Å². The summed E-state index contributed by atoms with van der Waals surface area (Å²) in [5, 5.41) is -16.4. The summed E-state index contributed by atoms with van der Waals surface area (Å²) in [6.07, 6.45) is 0. The summed E-state index contributed by atoms with van der Waals surface area (Å²) in [7, 11) is 0. The molecule has 0 aliphatic heterocycles. The predicted molar refractivity (Wildman–Crippen MR) is 50.6 cm³/mol. The van der Waals surface area contributed by atoms with Crippen molar-refractivity contribution in [1.29, 1.82) is 0 Å². The van der Waals surface area contributed by atoms with Crippen LogP contribution < -0.4 is 0 Å². The molecule has 0 aliphatic rings. The van der Waals surface area contributed by atoms with Crippen LogP contribution in [0.2, 0.25) is 0 Å². The van der Waals surface area contributed by atoms with Crippen molar-refractivity contribution in [3.8, 4) is 0 Å². The third-order valence-electron chi connectivity index (χ3n) is 1.34. The maximum Gasteiger partial charge on any atom is 0.373 e. The van der Waals surface area contributed by atoms with Crippen LogP contribution in [0.5, 0.6) is 0 Å². The Kier molecular flexibility index (Phi) is 5.11. The number of hydrogen-bond acceptors (Lipinski definition) is 0. The van der Waals surface area contributed by atoms with E-state index in [2.05, 4.69) is 46.4 Å². The van der Waals surface area contributed by atoms with E-state index in [9.17, 15) is 22.0 Å². The average Bonchev–Trinajstić information content (AvgIpc) is 2.00. The Hall–Kier alpha value is 1.10. The topological polar surface area (TPSA) is 0 Å². The molecule has 0 N–H and O–H groups in total. The van der Waals surface area contributed by atoms with Gasteiger partial charge in [-0.2, -0.15) is 8.78 Å². The molecule has 92 valence electrons. The molecule has 4 unspecified atom stereocenters. The lowest BCUT2D eigenvalue weighted by Crippen LogP contribution is -2.56. The monoisotopic (exact) mass is 332 g/mol. The first kappa shape index (κ1) is 16.1. The third-order valence-corrected chi connectivity index (χ3v) is 3.82. The van der Waals surface area contributed by atoms with Crippen LogP contribution in [-0.2, 0) is 0 Å². The Morgan fingerprint density at radius 3 is 1.40 bits per heavy atom. The normalized spacial score (nSPS) is 25.2. The summed E-state index contributed by atoms with van der Waals surface area (Å²) in [4.78, 5) is 0. The van der Waals surface area contributed by atoms with Crippen molar-refractivity contribution in [2.24, 2.45) is 0 Å². The van der Waals surface area contributed by atoms with E-state index in [1.165, 1.54) is 0 Å². The summed E-state index contributed by atoms with van der Waals surface area (Å²) >= 11 is 22.8. The van der Waals surface area contributed by atoms with Crippen LogP contribution in [0.15, 0.2) is 0 Å². The van der Waals surface area contributed by atoms with Crippen LogP contribution in [0, 0.1) is 0 Å². The first-order chi connectivity index (χ1) is 6.35. The fraction of sp³-hybridized carbons (Fsp3) is 1.00. The van der Waals surface area contributed by atoms with Gasteiger partial charge in [0.25, 0.3) is 5.13 Å². The first-order valence-corrected chi connectivity index (χ1v) is 5.11. The molecule has 0 bridgehead atoms. The summed E-state index contributed by atoms with van der Waals surface area (Å²) in [6, 6.07) is 0. The second kappa shape index (κ2) is 4.77. The van der Waals surface area contributed by atoms with Gasteiger partial charge in [-0.15, -0.1) is 11.6 Å². The lowest BCUT2D eigenvalue weighted by atomic mass is 10.1. The van der Waals surface area contributed by atoms with Crippen molar-refractivity contribution in [2.75, 3.05) is 0 Å². The molecule has 0 aromatic carbocycles. The van der Waals surface area contributed by atoms with E-state index in [4.69, 9.17) is 11.6 Å². The zero-order valence-corrected chi connectivity index (χ0v) is 10.2. The second-order valence-corrected chi connectivity index (χ2v) is 4.86. The molecule has 0 spiro atoms. The van der Waals surface area contributed by atoms with E-state index in [1.807, 2.05) is 0 Å². The van der Waals surface area contributed by atoms with Gasteiger partial charge in [0.05, 0.1) is 0 Å². The van der Waals surface area contributed by atoms with Gasteiger partial charge in [-0.1, -0.05) is 34.8 Å². The molecule has 10 heteroatoms. The maximum atomic E-state index is 13.2. The Bertz CT molecular complexity index is 224. The van der Waals surface area contributed by atoms with E-state index in [1.54, 1.807) is 0 Å². The van der Waals surface area contributed by atoms with Crippen molar-refractivity contribution >= 4 is 58.0 Å². The average molecular weight is 334 g/mol. The molecule has 15 heavy (non-hydrogen) atoms. The molecular formula is C5H2Cl5F5. The minimum Gasteiger partial charge on any atom is -0.228 e. The van der Waals surface area contributed by atoms with E-state index < -0.39 is 26.6 Å². The van der Waals surface area contributed by atoms with Crippen LogP contribution in [0.25, 0.3) is 0 Å².